The molecule has 1 saturated carbocycles. The average Bonchev–Trinajstić information content (AvgIpc) is 2.63. The number of nitrogens with one attached hydrogen (secondary N) is 1. The number of hydrogen-bond donors (Lipinski definition) is 2. The highest BCUT2D eigenvalue weighted by Crippen LogP contribution is 2.19. The molecule has 17 heavy (non-hydrogen) atoms. The zero-order valence-corrected chi connectivity index (χ0v) is 8.94. The molecular weight excluding hydrogens is 228 g/mol. The average molecular weight is 240 g/mol. The van der Waals surface area contributed by atoms with Gasteiger partial charge < -0.3 is 10.4 Å². The van der Waals surface area contributed by atoms with E-state index in [9.17, 15) is 14.9 Å². The number of nitro groups is 1. The standard InChI is InChI=1S/C9H12N4O4/c14-8-1-6(2-8)11-9(15)5-12-4-7(3-10-12)13(16)17/h3-4,6,8,14H,1-2,5H2,(H,11,15). The van der Waals surface area contributed by atoms with Gasteiger partial charge >= 0.3 is 5.69 Å². The van der Waals surface area contributed by atoms with Gasteiger partial charge in [-0.05, 0) is 12.8 Å². The number of carbonyl (C=O) groups is 1. The lowest BCUT2D eigenvalue weighted by atomic mass is 9.89. The first-order valence-corrected chi connectivity index (χ1v) is 5.19. The van der Waals surface area contributed by atoms with Gasteiger partial charge in [-0.3, -0.25) is 19.6 Å². The Hall–Kier alpha value is -1.96. The molecule has 0 aliphatic heterocycles. The third-order valence-electron chi connectivity index (χ3n) is 2.61. The Balaban J connectivity index is 1.83. The lowest BCUT2D eigenvalue weighted by Gasteiger charge is -2.31. The Morgan fingerprint density at radius 2 is 2.41 bits per heavy atom. The highest BCUT2D eigenvalue weighted by atomic mass is 16.6. The number of aliphatic hydroxyl groups is 1. The van der Waals surface area contributed by atoms with Crippen LogP contribution in [0.3, 0.4) is 0 Å². The van der Waals surface area contributed by atoms with E-state index in [0.29, 0.717) is 12.8 Å². The molecule has 2 rings (SSSR count). The van der Waals surface area contributed by atoms with Crippen LogP contribution in [0, 0.1) is 10.1 Å². The molecule has 0 spiro atoms. The summed E-state index contributed by atoms with van der Waals surface area (Å²) >= 11 is 0. The lowest BCUT2D eigenvalue weighted by Crippen LogP contribution is -2.47. The van der Waals surface area contributed by atoms with Crippen molar-refractivity contribution >= 4 is 11.6 Å². The topological polar surface area (TPSA) is 110 Å². The van der Waals surface area contributed by atoms with E-state index >= 15 is 0 Å². The van der Waals surface area contributed by atoms with Gasteiger partial charge in [-0.2, -0.15) is 5.10 Å². The van der Waals surface area contributed by atoms with E-state index in [1.807, 2.05) is 0 Å². The molecule has 2 N–H and O–H groups in total. The summed E-state index contributed by atoms with van der Waals surface area (Å²) in [4.78, 5) is 21.3. The number of aliphatic hydroxyl groups excluding tert-OH is 1. The molecule has 0 unspecified atom stereocenters. The molecule has 92 valence electrons. The summed E-state index contributed by atoms with van der Waals surface area (Å²) in [5, 5.41) is 25.8. The maximum absolute atomic E-state index is 11.5. The number of aromatic nitrogens is 2. The zero-order valence-electron chi connectivity index (χ0n) is 8.94. The van der Waals surface area contributed by atoms with Crippen molar-refractivity contribution in [3.63, 3.8) is 0 Å². The van der Waals surface area contributed by atoms with Crippen LogP contribution in [0.2, 0.25) is 0 Å². The number of carbonyl (C=O) groups excluding carboxylic acids is 1. The molecule has 0 radical (unpaired) electrons. The van der Waals surface area contributed by atoms with Crippen molar-refractivity contribution in [1.82, 2.24) is 15.1 Å². The SMILES string of the molecule is O=C(Cn1cc([N+](=O)[O-])cn1)NC1CC(O)C1. The first-order valence-electron chi connectivity index (χ1n) is 5.19. The molecule has 0 saturated heterocycles. The van der Waals surface area contributed by atoms with Gasteiger partial charge in [0.15, 0.2) is 0 Å². The van der Waals surface area contributed by atoms with Crippen LogP contribution in [-0.4, -0.2) is 37.9 Å². The Kier molecular flexibility index (Phi) is 3.05. The van der Waals surface area contributed by atoms with Gasteiger partial charge in [-0.15, -0.1) is 0 Å². The fourth-order valence-electron chi connectivity index (χ4n) is 1.66. The van der Waals surface area contributed by atoms with E-state index in [0.717, 1.165) is 6.20 Å². The van der Waals surface area contributed by atoms with Gasteiger partial charge in [0.2, 0.25) is 5.91 Å². The molecule has 1 amide bonds. The third kappa shape index (κ3) is 2.78. The molecule has 8 heteroatoms. The molecular formula is C9H12N4O4. The third-order valence-corrected chi connectivity index (χ3v) is 2.61. The van der Waals surface area contributed by atoms with E-state index in [-0.39, 0.29) is 30.3 Å². The van der Waals surface area contributed by atoms with E-state index in [1.165, 1.54) is 10.9 Å². The van der Waals surface area contributed by atoms with Gasteiger partial charge in [-0.1, -0.05) is 0 Å². The van der Waals surface area contributed by atoms with Crippen LogP contribution < -0.4 is 5.32 Å². The van der Waals surface area contributed by atoms with E-state index in [1.54, 1.807) is 0 Å². The first-order chi connectivity index (χ1) is 8.04. The van der Waals surface area contributed by atoms with Crippen LogP contribution in [0.25, 0.3) is 0 Å². The highest BCUT2D eigenvalue weighted by Gasteiger charge is 2.28. The molecule has 1 heterocycles. The van der Waals surface area contributed by atoms with Crippen LogP contribution in [0.5, 0.6) is 0 Å². The maximum Gasteiger partial charge on any atom is 0.307 e. The van der Waals surface area contributed by atoms with Crippen LogP contribution >= 0.6 is 0 Å². The largest absolute Gasteiger partial charge is 0.393 e. The Labute approximate surface area is 96.4 Å². The van der Waals surface area contributed by atoms with E-state index in [2.05, 4.69) is 10.4 Å². The summed E-state index contributed by atoms with van der Waals surface area (Å²) in [6.45, 7) is -0.0551. The first kappa shape index (κ1) is 11.5. The summed E-state index contributed by atoms with van der Waals surface area (Å²) in [5.41, 5.74) is -0.142. The van der Waals surface area contributed by atoms with Crippen molar-refractivity contribution in [1.29, 1.82) is 0 Å². The second-order valence-corrected chi connectivity index (χ2v) is 4.04. The fraction of sp³-hybridized carbons (Fsp3) is 0.556. The predicted octanol–water partition coefficient (Wildman–Crippen LogP) is -0.569. The van der Waals surface area contributed by atoms with Crippen molar-refractivity contribution in [2.75, 3.05) is 0 Å². The lowest BCUT2D eigenvalue weighted by molar-refractivity contribution is -0.385. The maximum atomic E-state index is 11.5. The summed E-state index contributed by atoms with van der Waals surface area (Å²) in [5.74, 6) is -0.264. The molecule has 8 nitrogen and oxygen atoms in total. The van der Waals surface area contributed by atoms with Gasteiger partial charge in [0.1, 0.15) is 18.9 Å². The van der Waals surface area contributed by atoms with Crippen molar-refractivity contribution in [2.24, 2.45) is 0 Å². The smallest absolute Gasteiger partial charge is 0.307 e. The van der Waals surface area contributed by atoms with Crippen molar-refractivity contribution < 1.29 is 14.8 Å². The second-order valence-electron chi connectivity index (χ2n) is 4.04. The number of rotatable bonds is 4. The molecule has 0 aromatic carbocycles. The summed E-state index contributed by atoms with van der Waals surface area (Å²) in [6.07, 6.45) is 3.09. The predicted molar refractivity (Wildman–Crippen MR) is 56.1 cm³/mol. The molecule has 0 atom stereocenters. The zero-order chi connectivity index (χ0) is 12.4. The van der Waals surface area contributed by atoms with Crippen molar-refractivity contribution in [3.05, 3.63) is 22.5 Å². The highest BCUT2D eigenvalue weighted by molar-refractivity contribution is 5.76. The minimum absolute atomic E-state index is 0.00282. The summed E-state index contributed by atoms with van der Waals surface area (Å²) < 4.78 is 1.21. The molecule has 1 fully saturated rings. The Morgan fingerprint density at radius 3 is 2.94 bits per heavy atom. The second kappa shape index (κ2) is 4.50. The molecule has 0 bridgehead atoms. The normalized spacial score (nSPS) is 22.9. The number of amides is 1. The van der Waals surface area contributed by atoms with Crippen LogP contribution in [0.4, 0.5) is 5.69 Å². The minimum atomic E-state index is -0.566. The fourth-order valence-corrected chi connectivity index (χ4v) is 1.66. The van der Waals surface area contributed by atoms with Gasteiger partial charge in [-0.25, -0.2) is 0 Å². The summed E-state index contributed by atoms with van der Waals surface area (Å²) in [6, 6.07) is 0.00282. The Morgan fingerprint density at radius 1 is 1.71 bits per heavy atom. The van der Waals surface area contributed by atoms with Gasteiger partial charge in [0.25, 0.3) is 0 Å². The molecule has 1 aliphatic carbocycles. The quantitative estimate of drug-likeness (QED) is 0.541. The van der Waals surface area contributed by atoms with E-state index in [4.69, 9.17) is 5.11 Å². The molecule has 1 aromatic rings. The monoisotopic (exact) mass is 240 g/mol. The number of hydrogen-bond acceptors (Lipinski definition) is 5. The summed E-state index contributed by atoms with van der Waals surface area (Å²) in [7, 11) is 0. The molecule has 1 aromatic heterocycles. The molecule has 1 aliphatic rings. The van der Waals surface area contributed by atoms with Gasteiger partial charge in [0, 0.05) is 6.04 Å². The Bertz CT molecular complexity index is 438. The van der Waals surface area contributed by atoms with Crippen LogP contribution in [0.15, 0.2) is 12.4 Å². The van der Waals surface area contributed by atoms with Gasteiger partial charge in [0.05, 0.1) is 11.0 Å². The minimum Gasteiger partial charge on any atom is -0.393 e. The van der Waals surface area contributed by atoms with Crippen LogP contribution in [-0.2, 0) is 11.3 Å². The number of nitrogens with zero attached hydrogens (tertiary/aromatic N) is 3. The van der Waals surface area contributed by atoms with Crippen LogP contribution in [0.1, 0.15) is 12.8 Å². The van der Waals surface area contributed by atoms with Crippen molar-refractivity contribution in [2.45, 2.75) is 31.5 Å². The van der Waals surface area contributed by atoms with Crippen molar-refractivity contribution in [3.8, 4) is 0 Å². The van der Waals surface area contributed by atoms with E-state index < -0.39 is 4.92 Å².